The number of anilines is 1. The first kappa shape index (κ1) is 13.4. The molecule has 0 radical (unpaired) electrons. The zero-order valence-electron chi connectivity index (χ0n) is 11.6. The molecule has 0 aromatic heterocycles. The van der Waals surface area contributed by atoms with Crippen LogP contribution in [0, 0.1) is 0 Å². The Bertz CT molecular complexity index is 403. The van der Waals surface area contributed by atoms with E-state index in [2.05, 4.69) is 42.3 Å². The third kappa shape index (κ3) is 2.85. The van der Waals surface area contributed by atoms with Gasteiger partial charge in [-0.3, -0.25) is 0 Å². The largest absolute Gasteiger partial charge is 0.392 e. The third-order valence-corrected chi connectivity index (χ3v) is 3.59. The van der Waals surface area contributed by atoms with Crippen LogP contribution in [0.2, 0.25) is 0 Å². The monoisotopic (exact) mass is 248 g/mol. The summed E-state index contributed by atoms with van der Waals surface area (Å²) < 4.78 is 0. The first-order valence-electron chi connectivity index (χ1n) is 6.91. The van der Waals surface area contributed by atoms with Gasteiger partial charge in [-0.05, 0) is 44.0 Å². The number of β-amino-alcohol motifs (C(OH)–C–C–N with tert-alkyl or cyclic N) is 1. The fourth-order valence-corrected chi connectivity index (χ4v) is 2.69. The van der Waals surface area contributed by atoms with Gasteiger partial charge in [0, 0.05) is 24.8 Å². The molecule has 1 aromatic rings. The lowest BCUT2D eigenvalue weighted by molar-refractivity contribution is 0.200. The maximum atomic E-state index is 9.50. The summed E-state index contributed by atoms with van der Waals surface area (Å²) in [5.41, 5.74) is 4.07. The minimum Gasteiger partial charge on any atom is -0.392 e. The van der Waals surface area contributed by atoms with E-state index in [0.717, 1.165) is 26.1 Å². The molecule has 2 rings (SSSR count). The fourth-order valence-electron chi connectivity index (χ4n) is 2.69. The van der Waals surface area contributed by atoms with Gasteiger partial charge < -0.3 is 15.3 Å². The second-order valence-electron chi connectivity index (χ2n) is 5.21. The van der Waals surface area contributed by atoms with E-state index in [0.29, 0.717) is 6.04 Å². The van der Waals surface area contributed by atoms with E-state index in [1.807, 2.05) is 6.92 Å². The van der Waals surface area contributed by atoms with Crippen molar-refractivity contribution in [3.05, 3.63) is 29.3 Å². The lowest BCUT2D eigenvalue weighted by Crippen LogP contribution is -2.29. The summed E-state index contributed by atoms with van der Waals surface area (Å²) in [6, 6.07) is 7.12. The molecule has 2 atom stereocenters. The molecule has 100 valence electrons. The van der Waals surface area contributed by atoms with E-state index in [4.69, 9.17) is 0 Å². The van der Waals surface area contributed by atoms with Gasteiger partial charge in [0.05, 0.1) is 6.10 Å². The third-order valence-electron chi connectivity index (χ3n) is 3.59. The lowest BCUT2D eigenvalue weighted by atomic mass is 10.0. The van der Waals surface area contributed by atoms with E-state index in [1.54, 1.807) is 0 Å². The van der Waals surface area contributed by atoms with Gasteiger partial charge in [0.2, 0.25) is 0 Å². The van der Waals surface area contributed by atoms with Crippen molar-refractivity contribution in [2.75, 3.05) is 24.5 Å². The van der Waals surface area contributed by atoms with Crippen LogP contribution >= 0.6 is 0 Å². The molecule has 2 N–H and O–H groups in total. The second-order valence-corrected chi connectivity index (χ2v) is 5.21. The van der Waals surface area contributed by atoms with Crippen molar-refractivity contribution in [3.8, 4) is 0 Å². The van der Waals surface area contributed by atoms with Crippen LogP contribution in [-0.2, 0) is 6.42 Å². The Kier molecular flexibility index (Phi) is 4.25. The van der Waals surface area contributed by atoms with E-state index < -0.39 is 0 Å². The van der Waals surface area contributed by atoms with Crippen LogP contribution in [0.5, 0.6) is 0 Å². The lowest BCUT2D eigenvalue weighted by Gasteiger charge is -2.21. The second kappa shape index (κ2) is 5.72. The Morgan fingerprint density at radius 1 is 1.39 bits per heavy atom. The van der Waals surface area contributed by atoms with Crippen LogP contribution in [0.15, 0.2) is 18.2 Å². The molecule has 0 saturated carbocycles. The summed E-state index contributed by atoms with van der Waals surface area (Å²) in [7, 11) is 0. The number of rotatable bonds is 5. The predicted octanol–water partition coefficient (Wildman–Crippen LogP) is 2.10. The van der Waals surface area contributed by atoms with Crippen molar-refractivity contribution in [2.45, 2.75) is 39.3 Å². The zero-order valence-corrected chi connectivity index (χ0v) is 11.6. The summed E-state index contributed by atoms with van der Waals surface area (Å²) in [5.74, 6) is 0. The van der Waals surface area contributed by atoms with Crippen molar-refractivity contribution in [1.29, 1.82) is 0 Å². The van der Waals surface area contributed by atoms with Gasteiger partial charge in [-0.1, -0.05) is 19.1 Å². The molecule has 3 nitrogen and oxygen atoms in total. The normalized spacial score (nSPS) is 17.7. The van der Waals surface area contributed by atoms with Crippen LogP contribution < -0.4 is 10.2 Å². The van der Waals surface area contributed by atoms with Crippen LogP contribution in [0.3, 0.4) is 0 Å². The number of hydrogen-bond donors (Lipinski definition) is 2. The van der Waals surface area contributed by atoms with Gasteiger partial charge in [-0.25, -0.2) is 0 Å². The molecule has 1 aliphatic rings. The summed E-state index contributed by atoms with van der Waals surface area (Å²) in [4.78, 5) is 2.28. The molecule has 0 spiro atoms. The summed E-state index contributed by atoms with van der Waals surface area (Å²) in [6.07, 6.45) is 0.825. The number of hydrogen-bond acceptors (Lipinski definition) is 3. The molecule has 0 fully saturated rings. The van der Waals surface area contributed by atoms with Gasteiger partial charge in [0.25, 0.3) is 0 Å². The van der Waals surface area contributed by atoms with Crippen molar-refractivity contribution < 1.29 is 5.11 Å². The Hall–Kier alpha value is -1.06. The molecule has 0 amide bonds. The Morgan fingerprint density at radius 2 is 2.17 bits per heavy atom. The number of fused-ring (bicyclic) bond motifs is 1. The molecule has 18 heavy (non-hydrogen) atoms. The molecule has 0 saturated heterocycles. The highest BCUT2D eigenvalue weighted by Gasteiger charge is 2.20. The van der Waals surface area contributed by atoms with Crippen LogP contribution in [0.1, 0.15) is 37.9 Å². The first-order chi connectivity index (χ1) is 8.61. The fraction of sp³-hybridized carbons (Fsp3) is 0.600. The van der Waals surface area contributed by atoms with Gasteiger partial charge in [0.15, 0.2) is 0 Å². The number of benzene rings is 1. The highest BCUT2D eigenvalue weighted by atomic mass is 16.3. The van der Waals surface area contributed by atoms with E-state index in [-0.39, 0.29) is 6.10 Å². The standard InChI is InChI=1S/C15H24N2O/c1-4-16-12(3)13-5-6-15-14(9-13)7-8-17(15)10-11(2)18/h5-6,9,11-12,16,18H,4,7-8,10H2,1-3H3. The molecule has 3 heteroatoms. The van der Waals surface area contributed by atoms with E-state index in [9.17, 15) is 5.11 Å². The highest BCUT2D eigenvalue weighted by molar-refractivity contribution is 5.59. The smallest absolute Gasteiger partial charge is 0.0687 e. The Morgan fingerprint density at radius 3 is 2.83 bits per heavy atom. The number of aliphatic hydroxyl groups excluding tert-OH is 1. The molecule has 1 heterocycles. The molecular formula is C15H24N2O. The minimum absolute atomic E-state index is 0.267. The average molecular weight is 248 g/mol. The van der Waals surface area contributed by atoms with Gasteiger partial charge in [-0.2, -0.15) is 0 Å². The van der Waals surface area contributed by atoms with E-state index >= 15 is 0 Å². The summed E-state index contributed by atoms with van der Waals surface area (Å²) in [6.45, 7) is 8.93. The molecule has 0 aliphatic carbocycles. The molecule has 0 bridgehead atoms. The van der Waals surface area contributed by atoms with Crippen LogP contribution in [0.4, 0.5) is 5.69 Å². The highest BCUT2D eigenvalue weighted by Crippen LogP contribution is 2.30. The molecule has 2 unspecified atom stereocenters. The molecular weight excluding hydrogens is 224 g/mol. The van der Waals surface area contributed by atoms with Gasteiger partial charge in [0.1, 0.15) is 0 Å². The minimum atomic E-state index is -0.267. The van der Waals surface area contributed by atoms with Crippen molar-refractivity contribution in [3.63, 3.8) is 0 Å². The van der Waals surface area contributed by atoms with Crippen molar-refractivity contribution >= 4 is 5.69 Å². The maximum absolute atomic E-state index is 9.50. The first-order valence-corrected chi connectivity index (χ1v) is 6.91. The quantitative estimate of drug-likeness (QED) is 0.837. The Labute approximate surface area is 110 Å². The Balaban J connectivity index is 2.15. The van der Waals surface area contributed by atoms with Crippen molar-refractivity contribution in [1.82, 2.24) is 5.32 Å². The van der Waals surface area contributed by atoms with Crippen LogP contribution in [0.25, 0.3) is 0 Å². The summed E-state index contributed by atoms with van der Waals surface area (Å²) >= 11 is 0. The van der Waals surface area contributed by atoms with Gasteiger partial charge >= 0.3 is 0 Å². The molecule has 1 aliphatic heterocycles. The maximum Gasteiger partial charge on any atom is 0.0687 e. The zero-order chi connectivity index (χ0) is 13.1. The summed E-state index contributed by atoms with van der Waals surface area (Å²) in [5, 5.41) is 12.9. The van der Waals surface area contributed by atoms with Crippen molar-refractivity contribution in [2.24, 2.45) is 0 Å². The average Bonchev–Trinajstić information content (AvgIpc) is 2.71. The number of nitrogens with zero attached hydrogens (tertiary/aromatic N) is 1. The predicted molar refractivity (Wildman–Crippen MR) is 76.1 cm³/mol. The molecule has 1 aromatic carbocycles. The van der Waals surface area contributed by atoms with Crippen LogP contribution in [-0.4, -0.2) is 30.8 Å². The van der Waals surface area contributed by atoms with Gasteiger partial charge in [-0.15, -0.1) is 0 Å². The SMILES string of the molecule is CCNC(C)c1ccc2c(c1)CCN2CC(C)O. The van der Waals surface area contributed by atoms with E-state index in [1.165, 1.54) is 16.8 Å². The topological polar surface area (TPSA) is 35.5 Å². The number of nitrogens with one attached hydrogen (secondary N) is 1. The number of aliphatic hydroxyl groups is 1.